The summed E-state index contributed by atoms with van der Waals surface area (Å²) in [6, 6.07) is 14.2. The van der Waals surface area contributed by atoms with Gasteiger partial charge in [0.05, 0.1) is 12.1 Å². The molecule has 0 spiro atoms. The lowest BCUT2D eigenvalue weighted by molar-refractivity contribution is 0.565. The molecule has 0 fully saturated rings. The van der Waals surface area contributed by atoms with E-state index in [2.05, 4.69) is 18.7 Å². The first-order valence-corrected chi connectivity index (χ1v) is 5.63. The molecule has 2 heteroatoms. The minimum atomic E-state index is -0.937. The van der Waals surface area contributed by atoms with Gasteiger partial charge in [0.25, 0.3) is 0 Å². The van der Waals surface area contributed by atoms with Gasteiger partial charge in [-0.2, -0.15) is 10.5 Å². The first-order chi connectivity index (χ1) is 8.09. The van der Waals surface area contributed by atoms with Gasteiger partial charge in [-0.25, -0.2) is 0 Å². The van der Waals surface area contributed by atoms with Crippen molar-refractivity contribution >= 4 is 0 Å². The molecule has 0 aliphatic heterocycles. The number of nitrogens with zero attached hydrogens (tertiary/aromatic N) is 2. The Kier molecular flexibility index (Phi) is 4.49. The summed E-state index contributed by atoms with van der Waals surface area (Å²) in [6.07, 6.45) is 2.18. The average molecular weight is 224 g/mol. The van der Waals surface area contributed by atoms with Gasteiger partial charge in [0.2, 0.25) is 0 Å². The van der Waals surface area contributed by atoms with Crippen LogP contribution in [0.2, 0.25) is 0 Å². The highest BCUT2D eigenvalue weighted by molar-refractivity contribution is 5.20. The normalized spacial score (nSPS) is 10.3. The Morgan fingerprint density at radius 2 is 1.82 bits per heavy atom. The quantitative estimate of drug-likeness (QED) is 0.717. The molecule has 0 bridgehead atoms. The van der Waals surface area contributed by atoms with Crippen molar-refractivity contribution in [1.29, 1.82) is 10.5 Å². The molecular weight excluding hydrogens is 208 g/mol. The summed E-state index contributed by atoms with van der Waals surface area (Å²) in [5, 5.41) is 17.8. The number of rotatable bonds is 5. The van der Waals surface area contributed by atoms with Crippen molar-refractivity contribution in [3.8, 4) is 12.1 Å². The monoisotopic (exact) mass is 224 g/mol. The van der Waals surface area contributed by atoms with E-state index in [0.717, 1.165) is 18.4 Å². The smallest absolute Gasteiger partial charge is 0.144 e. The third kappa shape index (κ3) is 4.13. The molecule has 1 aromatic rings. The van der Waals surface area contributed by atoms with Gasteiger partial charge in [0, 0.05) is 0 Å². The maximum Gasteiger partial charge on any atom is 0.144 e. The highest BCUT2D eigenvalue weighted by atomic mass is 14.4. The Morgan fingerprint density at radius 3 is 2.35 bits per heavy atom. The third-order valence-electron chi connectivity index (χ3n) is 2.71. The summed E-state index contributed by atoms with van der Waals surface area (Å²) in [4.78, 5) is 0. The van der Waals surface area contributed by atoms with E-state index < -0.39 is 5.41 Å². The van der Waals surface area contributed by atoms with E-state index in [1.807, 2.05) is 30.3 Å². The molecule has 0 unspecified atom stereocenters. The van der Waals surface area contributed by atoms with Crippen LogP contribution in [-0.4, -0.2) is 0 Å². The van der Waals surface area contributed by atoms with Gasteiger partial charge in [-0.05, 0) is 31.7 Å². The lowest BCUT2D eigenvalue weighted by Crippen LogP contribution is -2.11. The lowest BCUT2D eigenvalue weighted by Gasteiger charge is -2.13. The van der Waals surface area contributed by atoms with Gasteiger partial charge >= 0.3 is 0 Å². The van der Waals surface area contributed by atoms with Crippen LogP contribution in [0.1, 0.15) is 25.3 Å². The topological polar surface area (TPSA) is 47.6 Å². The first-order valence-electron chi connectivity index (χ1n) is 5.63. The van der Waals surface area contributed by atoms with Crippen LogP contribution < -0.4 is 0 Å². The van der Waals surface area contributed by atoms with Crippen LogP contribution in [0.15, 0.2) is 42.5 Å². The molecule has 0 radical (unpaired) electrons. The number of aryl methyl sites for hydroxylation is 1. The molecule has 17 heavy (non-hydrogen) atoms. The van der Waals surface area contributed by atoms with Crippen molar-refractivity contribution in [1.82, 2.24) is 0 Å². The van der Waals surface area contributed by atoms with Gasteiger partial charge in [-0.3, -0.25) is 0 Å². The van der Waals surface area contributed by atoms with E-state index >= 15 is 0 Å². The molecule has 1 rings (SSSR count). The Balaban J connectivity index is 2.48. The Bertz CT molecular complexity index is 446. The minimum absolute atomic E-state index is 0.451. The summed E-state index contributed by atoms with van der Waals surface area (Å²) in [6.45, 7) is 5.60. The zero-order chi connectivity index (χ0) is 12.7. The molecule has 0 saturated heterocycles. The molecule has 1 aromatic carbocycles. The molecule has 0 atom stereocenters. The van der Waals surface area contributed by atoms with Crippen LogP contribution in [0, 0.1) is 28.1 Å². The highest BCUT2D eigenvalue weighted by Gasteiger charge is 2.23. The van der Waals surface area contributed by atoms with Gasteiger partial charge < -0.3 is 0 Å². The summed E-state index contributed by atoms with van der Waals surface area (Å²) >= 11 is 0. The summed E-state index contributed by atoms with van der Waals surface area (Å²) in [5.74, 6) is 0. The molecule has 0 heterocycles. The lowest BCUT2D eigenvalue weighted by atomic mass is 9.85. The van der Waals surface area contributed by atoms with E-state index in [-0.39, 0.29) is 0 Å². The maximum absolute atomic E-state index is 8.91. The Labute approximate surface area is 103 Å². The average Bonchev–Trinajstić information content (AvgIpc) is 2.37. The van der Waals surface area contributed by atoms with Gasteiger partial charge in [-0.1, -0.05) is 42.5 Å². The predicted octanol–water partition coefficient (Wildman–Crippen LogP) is 3.62. The third-order valence-corrected chi connectivity index (χ3v) is 2.71. The van der Waals surface area contributed by atoms with Crippen molar-refractivity contribution in [3.05, 3.63) is 48.0 Å². The molecule has 2 nitrogen and oxygen atoms in total. The fraction of sp³-hybridized carbons (Fsp3) is 0.333. The number of hydrogen-bond acceptors (Lipinski definition) is 2. The van der Waals surface area contributed by atoms with E-state index in [9.17, 15) is 0 Å². The van der Waals surface area contributed by atoms with Crippen LogP contribution in [0.3, 0.4) is 0 Å². The first kappa shape index (κ1) is 13.0. The molecule has 0 aromatic heterocycles. The second-order valence-electron chi connectivity index (χ2n) is 4.47. The molecule has 0 N–H and O–H groups in total. The van der Waals surface area contributed by atoms with Crippen LogP contribution in [-0.2, 0) is 6.42 Å². The van der Waals surface area contributed by atoms with Crippen molar-refractivity contribution in [2.45, 2.75) is 26.2 Å². The van der Waals surface area contributed by atoms with Crippen molar-refractivity contribution < 1.29 is 0 Å². The van der Waals surface area contributed by atoms with Gasteiger partial charge in [0.15, 0.2) is 0 Å². The van der Waals surface area contributed by atoms with Crippen molar-refractivity contribution in [2.75, 3.05) is 0 Å². The zero-order valence-electron chi connectivity index (χ0n) is 10.1. The standard InChI is InChI=1S/C15H16N2/c1-13(10-15(2,11-16)12-17)8-9-14-6-4-3-5-7-14/h3-7H,1,8-10H2,2H3. The number of allylic oxidation sites excluding steroid dienone is 1. The van der Waals surface area contributed by atoms with E-state index in [4.69, 9.17) is 10.5 Å². The molecule has 86 valence electrons. The van der Waals surface area contributed by atoms with Crippen LogP contribution >= 0.6 is 0 Å². The van der Waals surface area contributed by atoms with E-state index in [0.29, 0.717) is 6.42 Å². The van der Waals surface area contributed by atoms with E-state index in [1.54, 1.807) is 6.92 Å². The maximum atomic E-state index is 8.91. The Morgan fingerprint density at radius 1 is 1.24 bits per heavy atom. The SMILES string of the molecule is C=C(CCc1ccccc1)CC(C)(C#N)C#N. The summed E-state index contributed by atoms with van der Waals surface area (Å²) in [7, 11) is 0. The van der Waals surface area contributed by atoms with Crippen LogP contribution in [0.5, 0.6) is 0 Å². The molecular formula is C15H16N2. The second-order valence-corrected chi connectivity index (χ2v) is 4.47. The number of hydrogen-bond donors (Lipinski definition) is 0. The zero-order valence-corrected chi connectivity index (χ0v) is 10.1. The fourth-order valence-electron chi connectivity index (χ4n) is 1.66. The van der Waals surface area contributed by atoms with Gasteiger partial charge in [-0.15, -0.1) is 0 Å². The summed E-state index contributed by atoms with van der Waals surface area (Å²) < 4.78 is 0. The van der Waals surface area contributed by atoms with Crippen molar-refractivity contribution in [3.63, 3.8) is 0 Å². The van der Waals surface area contributed by atoms with E-state index in [1.165, 1.54) is 5.56 Å². The molecule has 0 aliphatic rings. The predicted molar refractivity (Wildman–Crippen MR) is 67.9 cm³/mol. The van der Waals surface area contributed by atoms with Crippen LogP contribution in [0.4, 0.5) is 0 Å². The second kappa shape index (κ2) is 5.87. The fourth-order valence-corrected chi connectivity index (χ4v) is 1.66. The van der Waals surface area contributed by atoms with Crippen LogP contribution in [0.25, 0.3) is 0 Å². The highest BCUT2D eigenvalue weighted by Crippen LogP contribution is 2.25. The molecule has 0 saturated carbocycles. The summed E-state index contributed by atoms with van der Waals surface area (Å²) in [5.41, 5.74) is 1.28. The van der Waals surface area contributed by atoms with Gasteiger partial charge in [0.1, 0.15) is 5.41 Å². The number of nitriles is 2. The minimum Gasteiger partial charge on any atom is -0.197 e. The molecule has 0 amide bonds. The largest absolute Gasteiger partial charge is 0.197 e. The van der Waals surface area contributed by atoms with Crippen molar-refractivity contribution in [2.24, 2.45) is 5.41 Å². The Hall–Kier alpha value is -2.06. The molecule has 0 aliphatic carbocycles. The number of benzene rings is 1.